The molecule has 3 aromatic rings. The fraction of sp³-hybridized carbons (Fsp3) is 0.273. The molecule has 0 radical (unpaired) electrons. The Morgan fingerprint density at radius 1 is 0.964 bits per heavy atom. The lowest BCUT2D eigenvalue weighted by Gasteiger charge is -2.37. The third-order valence-electron chi connectivity index (χ3n) is 5.28. The first-order chi connectivity index (χ1) is 13.6. The number of carbonyl (C=O) groups is 2. The second kappa shape index (κ2) is 7.86. The SMILES string of the molecule is CC(C(=O)Nc1ccc2ccccc2c1)N1CCN(C(=O)c2ccco2)CC1. The summed E-state index contributed by atoms with van der Waals surface area (Å²) >= 11 is 0. The van der Waals surface area contributed by atoms with Gasteiger partial charge in [-0.3, -0.25) is 14.5 Å². The summed E-state index contributed by atoms with van der Waals surface area (Å²) in [6.07, 6.45) is 1.50. The van der Waals surface area contributed by atoms with E-state index in [1.165, 1.54) is 6.26 Å². The molecule has 2 heterocycles. The van der Waals surface area contributed by atoms with E-state index >= 15 is 0 Å². The van der Waals surface area contributed by atoms with Gasteiger partial charge in [0.15, 0.2) is 5.76 Å². The molecule has 6 heteroatoms. The molecule has 0 bridgehead atoms. The van der Waals surface area contributed by atoms with Crippen LogP contribution in [-0.2, 0) is 4.79 Å². The molecule has 1 unspecified atom stereocenters. The summed E-state index contributed by atoms with van der Waals surface area (Å²) in [6.45, 7) is 4.36. The molecule has 0 spiro atoms. The molecule has 1 aromatic heterocycles. The quantitative estimate of drug-likeness (QED) is 0.758. The van der Waals surface area contributed by atoms with Crippen molar-refractivity contribution >= 4 is 28.3 Å². The third-order valence-corrected chi connectivity index (χ3v) is 5.28. The van der Waals surface area contributed by atoms with Crippen LogP contribution in [0.15, 0.2) is 65.3 Å². The van der Waals surface area contributed by atoms with Gasteiger partial charge < -0.3 is 14.6 Å². The first-order valence-electron chi connectivity index (χ1n) is 9.48. The van der Waals surface area contributed by atoms with Crippen LogP contribution in [0.4, 0.5) is 5.69 Å². The fourth-order valence-corrected chi connectivity index (χ4v) is 3.55. The lowest BCUT2D eigenvalue weighted by atomic mass is 10.1. The molecule has 0 aliphatic carbocycles. The third kappa shape index (κ3) is 3.77. The van der Waals surface area contributed by atoms with Crippen LogP contribution < -0.4 is 5.32 Å². The lowest BCUT2D eigenvalue weighted by molar-refractivity contribution is -0.121. The zero-order valence-corrected chi connectivity index (χ0v) is 15.8. The van der Waals surface area contributed by atoms with Crippen molar-refractivity contribution in [2.75, 3.05) is 31.5 Å². The number of anilines is 1. The van der Waals surface area contributed by atoms with Crippen LogP contribution >= 0.6 is 0 Å². The zero-order chi connectivity index (χ0) is 19.5. The molecule has 0 saturated carbocycles. The minimum Gasteiger partial charge on any atom is -0.459 e. The Morgan fingerprint density at radius 2 is 1.71 bits per heavy atom. The zero-order valence-electron chi connectivity index (χ0n) is 15.8. The van der Waals surface area contributed by atoms with Crippen LogP contribution in [-0.4, -0.2) is 53.8 Å². The summed E-state index contributed by atoms with van der Waals surface area (Å²) in [4.78, 5) is 28.9. The standard InChI is InChI=1S/C22H23N3O3/c1-16(21(26)23-19-9-8-17-5-2-3-6-18(17)15-19)24-10-12-25(13-11-24)22(27)20-7-4-14-28-20/h2-9,14-16H,10-13H2,1H3,(H,23,26). The van der Waals surface area contributed by atoms with Crippen LogP contribution in [0.2, 0.25) is 0 Å². The molecule has 1 aliphatic rings. The molecular weight excluding hydrogens is 354 g/mol. The van der Waals surface area contributed by atoms with Crippen molar-refractivity contribution in [2.24, 2.45) is 0 Å². The van der Waals surface area contributed by atoms with Gasteiger partial charge in [0.25, 0.3) is 5.91 Å². The van der Waals surface area contributed by atoms with E-state index in [-0.39, 0.29) is 17.9 Å². The molecule has 144 valence electrons. The molecule has 6 nitrogen and oxygen atoms in total. The fourth-order valence-electron chi connectivity index (χ4n) is 3.55. The number of nitrogens with zero attached hydrogens (tertiary/aromatic N) is 2. The van der Waals surface area contributed by atoms with Gasteiger partial charge in [-0.05, 0) is 42.0 Å². The monoisotopic (exact) mass is 377 g/mol. The minimum absolute atomic E-state index is 0.0407. The summed E-state index contributed by atoms with van der Waals surface area (Å²) in [6, 6.07) is 17.1. The summed E-state index contributed by atoms with van der Waals surface area (Å²) in [7, 11) is 0. The highest BCUT2D eigenvalue weighted by Gasteiger charge is 2.28. The summed E-state index contributed by atoms with van der Waals surface area (Å²) < 4.78 is 5.19. The van der Waals surface area contributed by atoms with Crippen molar-refractivity contribution < 1.29 is 14.0 Å². The molecule has 1 saturated heterocycles. The molecule has 2 aromatic carbocycles. The predicted octanol–water partition coefficient (Wildman–Crippen LogP) is 3.22. The number of hydrogen-bond acceptors (Lipinski definition) is 4. The van der Waals surface area contributed by atoms with E-state index in [0.717, 1.165) is 16.5 Å². The van der Waals surface area contributed by atoms with E-state index in [4.69, 9.17) is 4.42 Å². The van der Waals surface area contributed by atoms with E-state index in [9.17, 15) is 9.59 Å². The first kappa shape index (κ1) is 18.3. The molecule has 28 heavy (non-hydrogen) atoms. The van der Waals surface area contributed by atoms with Gasteiger partial charge in [-0.2, -0.15) is 0 Å². The Kier molecular flexibility index (Phi) is 5.12. The van der Waals surface area contributed by atoms with Gasteiger partial charge in [0.05, 0.1) is 12.3 Å². The second-order valence-electron chi connectivity index (χ2n) is 7.03. The number of carbonyl (C=O) groups excluding carboxylic acids is 2. The predicted molar refractivity (Wildman–Crippen MR) is 108 cm³/mol. The number of fused-ring (bicyclic) bond motifs is 1. The van der Waals surface area contributed by atoms with Gasteiger partial charge in [0, 0.05) is 31.9 Å². The Morgan fingerprint density at radius 3 is 2.43 bits per heavy atom. The van der Waals surface area contributed by atoms with Gasteiger partial charge in [0.1, 0.15) is 0 Å². The molecule has 1 atom stereocenters. The van der Waals surface area contributed by atoms with Gasteiger partial charge >= 0.3 is 0 Å². The lowest BCUT2D eigenvalue weighted by Crippen LogP contribution is -2.54. The molecular formula is C22H23N3O3. The van der Waals surface area contributed by atoms with E-state index in [1.807, 2.05) is 49.4 Å². The van der Waals surface area contributed by atoms with Crippen molar-refractivity contribution in [3.05, 3.63) is 66.6 Å². The van der Waals surface area contributed by atoms with Crippen molar-refractivity contribution in [1.82, 2.24) is 9.80 Å². The Balaban J connectivity index is 1.34. The van der Waals surface area contributed by atoms with Gasteiger partial charge in [-0.25, -0.2) is 0 Å². The Labute approximate surface area is 163 Å². The van der Waals surface area contributed by atoms with Crippen molar-refractivity contribution in [3.63, 3.8) is 0 Å². The molecule has 1 aliphatic heterocycles. The van der Waals surface area contributed by atoms with Crippen LogP contribution in [0.5, 0.6) is 0 Å². The number of rotatable bonds is 4. The van der Waals surface area contributed by atoms with Crippen molar-refractivity contribution in [1.29, 1.82) is 0 Å². The van der Waals surface area contributed by atoms with E-state index in [2.05, 4.69) is 10.2 Å². The highest BCUT2D eigenvalue weighted by atomic mass is 16.3. The average molecular weight is 377 g/mol. The van der Waals surface area contributed by atoms with E-state index in [1.54, 1.807) is 17.0 Å². The normalized spacial score (nSPS) is 16.1. The topological polar surface area (TPSA) is 65.8 Å². The number of furan rings is 1. The number of nitrogens with one attached hydrogen (secondary N) is 1. The van der Waals surface area contributed by atoms with E-state index < -0.39 is 0 Å². The Bertz CT molecular complexity index is 976. The van der Waals surface area contributed by atoms with Crippen molar-refractivity contribution in [2.45, 2.75) is 13.0 Å². The van der Waals surface area contributed by atoms with Crippen LogP contribution in [0.1, 0.15) is 17.5 Å². The summed E-state index contributed by atoms with van der Waals surface area (Å²) in [5.74, 6) is 0.217. The van der Waals surface area contributed by atoms with Gasteiger partial charge in [-0.15, -0.1) is 0 Å². The van der Waals surface area contributed by atoms with E-state index in [0.29, 0.717) is 31.9 Å². The van der Waals surface area contributed by atoms with Gasteiger partial charge in [-0.1, -0.05) is 30.3 Å². The van der Waals surface area contributed by atoms with Crippen molar-refractivity contribution in [3.8, 4) is 0 Å². The largest absolute Gasteiger partial charge is 0.459 e. The maximum absolute atomic E-state index is 12.7. The molecule has 4 rings (SSSR count). The maximum atomic E-state index is 12.7. The summed E-state index contributed by atoms with van der Waals surface area (Å²) in [5, 5.41) is 5.25. The van der Waals surface area contributed by atoms with Gasteiger partial charge in [0.2, 0.25) is 5.91 Å². The highest BCUT2D eigenvalue weighted by molar-refractivity contribution is 5.97. The number of hydrogen-bond donors (Lipinski definition) is 1. The molecule has 1 N–H and O–H groups in total. The number of amides is 2. The smallest absolute Gasteiger partial charge is 0.289 e. The van der Waals surface area contributed by atoms with Crippen LogP contribution in [0.25, 0.3) is 10.8 Å². The summed E-state index contributed by atoms with van der Waals surface area (Å²) in [5.41, 5.74) is 0.794. The highest BCUT2D eigenvalue weighted by Crippen LogP contribution is 2.19. The number of piperazine rings is 1. The van der Waals surface area contributed by atoms with Crippen LogP contribution in [0, 0.1) is 0 Å². The maximum Gasteiger partial charge on any atom is 0.289 e. The first-order valence-corrected chi connectivity index (χ1v) is 9.48. The number of benzene rings is 2. The minimum atomic E-state index is -0.271. The average Bonchev–Trinajstić information content (AvgIpc) is 3.27. The second-order valence-corrected chi connectivity index (χ2v) is 7.03. The molecule has 1 fully saturated rings. The van der Waals surface area contributed by atoms with Crippen LogP contribution in [0.3, 0.4) is 0 Å². The Hall–Kier alpha value is -3.12. The molecule has 2 amide bonds.